The smallest absolute Gasteiger partial charge is 0.329 e. The molecule has 0 aliphatic carbocycles. The van der Waals surface area contributed by atoms with Crippen molar-refractivity contribution in [2.24, 2.45) is 0 Å². The number of carbonyl (C=O) groups excluding carboxylic acids is 1. The third-order valence-electron chi connectivity index (χ3n) is 3.57. The largest absolute Gasteiger partial charge is 0.480 e. The van der Waals surface area contributed by atoms with Gasteiger partial charge in [-0.2, -0.15) is 5.10 Å². The van der Waals surface area contributed by atoms with Crippen molar-refractivity contribution in [3.05, 3.63) is 18.0 Å². The highest BCUT2D eigenvalue weighted by Crippen LogP contribution is 2.20. The van der Waals surface area contributed by atoms with Crippen molar-refractivity contribution in [3.63, 3.8) is 0 Å². The van der Waals surface area contributed by atoms with E-state index >= 15 is 0 Å². The van der Waals surface area contributed by atoms with Crippen LogP contribution < -0.4 is 10.6 Å². The van der Waals surface area contributed by atoms with Crippen LogP contribution in [-0.4, -0.2) is 45.6 Å². The number of rotatable bonds is 5. The van der Waals surface area contributed by atoms with Gasteiger partial charge in [0.15, 0.2) is 0 Å². The molecular formula is C13H20N4O4. The van der Waals surface area contributed by atoms with Crippen LogP contribution in [0.3, 0.4) is 0 Å². The maximum Gasteiger partial charge on any atom is 0.329 e. The molecule has 0 bridgehead atoms. The van der Waals surface area contributed by atoms with Gasteiger partial charge in [-0.15, -0.1) is 0 Å². The van der Waals surface area contributed by atoms with E-state index in [1.54, 1.807) is 10.9 Å². The lowest BCUT2D eigenvalue weighted by atomic mass is 9.90. The van der Waals surface area contributed by atoms with Gasteiger partial charge < -0.3 is 20.5 Å². The maximum absolute atomic E-state index is 11.9. The molecule has 1 aromatic heterocycles. The zero-order valence-electron chi connectivity index (χ0n) is 12.0. The first kappa shape index (κ1) is 15.3. The standard InChI is InChI=1S/C13H20N4O4/c1-2-17-9-10(8-15-17)7-14-12(20)16-13(11(18)19)3-5-21-6-4-13/h8-9H,2-7H2,1H3,(H,18,19)(H2,14,16,20). The molecule has 0 unspecified atom stereocenters. The Morgan fingerprint density at radius 3 is 2.76 bits per heavy atom. The molecule has 8 nitrogen and oxygen atoms in total. The Morgan fingerprint density at radius 2 is 2.19 bits per heavy atom. The summed E-state index contributed by atoms with van der Waals surface area (Å²) in [4.78, 5) is 23.3. The fraction of sp³-hybridized carbons (Fsp3) is 0.615. The first-order valence-corrected chi connectivity index (χ1v) is 6.94. The zero-order valence-corrected chi connectivity index (χ0v) is 12.0. The topological polar surface area (TPSA) is 105 Å². The van der Waals surface area contributed by atoms with E-state index < -0.39 is 17.5 Å². The number of carbonyl (C=O) groups is 2. The molecule has 0 saturated carbocycles. The molecule has 1 aliphatic rings. The first-order chi connectivity index (χ1) is 10.1. The van der Waals surface area contributed by atoms with E-state index in [0.717, 1.165) is 12.1 Å². The molecule has 0 radical (unpaired) electrons. The summed E-state index contributed by atoms with van der Waals surface area (Å²) in [5.41, 5.74) is -0.376. The average molecular weight is 296 g/mol. The van der Waals surface area contributed by atoms with Gasteiger partial charge >= 0.3 is 12.0 Å². The number of hydrogen-bond donors (Lipinski definition) is 3. The number of aromatic nitrogens is 2. The van der Waals surface area contributed by atoms with Gasteiger partial charge in [-0.25, -0.2) is 9.59 Å². The summed E-state index contributed by atoms with van der Waals surface area (Å²) in [5.74, 6) is -1.03. The lowest BCUT2D eigenvalue weighted by Crippen LogP contribution is -2.59. The molecule has 1 aliphatic heterocycles. The number of amides is 2. The Kier molecular flexibility index (Phi) is 4.79. The summed E-state index contributed by atoms with van der Waals surface area (Å²) in [6, 6.07) is -0.497. The summed E-state index contributed by atoms with van der Waals surface area (Å²) in [6.45, 7) is 3.69. The number of carboxylic acids is 1. The molecule has 0 atom stereocenters. The van der Waals surface area contributed by atoms with Crippen molar-refractivity contribution in [1.82, 2.24) is 20.4 Å². The van der Waals surface area contributed by atoms with Crippen LogP contribution in [0.5, 0.6) is 0 Å². The third-order valence-corrected chi connectivity index (χ3v) is 3.57. The van der Waals surface area contributed by atoms with Crippen LogP contribution in [0.25, 0.3) is 0 Å². The van der Waals surface area contributed by atoms with Crippen LogP contribution in [-0.2, 0) is 22.6 Å². The molecule has 2 rings (SSSR count). The van der Waals surface area contributed by atoms with Gasteiger partial charge in [-0.05, 0) is 6.92 Å². The molecule has 3 N–H and O–H groups in total. The second kappa shape index (κ2) is 6.57. The highest BCUT2D eigenvalue weighted by Gasteiger charge is 2.41. The Hall–Kier alpha value is -2.09. The number of hydrogen-bond acceptors (Lipinski definition) is 4. The Morgan fingerprint density at radius 1 is 1.48 bits per heavy atom. The Bertz CT molecular complexity index is 508. The van der Waals surface area contributed by atoms with Gasteiger partial charge in [0.2, 0.25) is 0 Å². The van der Waals surface area contributed by atoms with Crippen LogP contribution in [0.1, 0.15) is 25.3 Å². The second-order valence-electron chi connectivity index (χ2n) is 5.01. The van der Waals surface area contributed by atoms with Crippen molar-refractivity contribution in [2.45, 2.75) is 38.4 Å². The van der Waals surface area contributed by atoms with Crippen molar-refractivity contribution < 1.29 is 19.4 Å². The van der Waals surface area contributed by atoms with Crippen molar-refractivity contribution in [3.8, 4) is 0 Å². The van der Waals surface area contributed by atoms with E-state index in [1.165, 1.54) is 0 Å². The van der Waals surface area contributed by atoms with Crippen LogP contribution in [0.15, 0.2) is 12.4 Å². The van der Waals surface area contributed by atoms with Crippen LogP contribution >= 0.6 is 0 Å². The normalized spacial score (nSPS) is 17.2. The van der Waals surface area contributed by atoms with E-state index in [2.05, 4.69) is 15.7 Å². The predicted octanol–water partition coefficient (Wildman–Crippen LogP) is 0.336. The highest BCUT2D eigenvalue weighted by atomic mass is 16.5. The van der Waals surface area contributed by atoms with Crippen molar-refractivity contribution in [2.75, 3.05) is 13.2 Å². The summed E-state index contributed by atoms with van der Waals surface area (Å²) in [6.07, 6.45) is 4.04. The molecule has 2 amide bonds. The molecule has 116 valence electrons. The molecular weight excluding hydrogens is 276 g/mol. The number of nitrogens with one attached hydrogen (secondary N) is 2. The Balaban J connectivity index is 1.89. The third kappa shape index (κ3) is 3.72. The molecule has 21 heavy (non-hydrogen) atoms. The van der Waals surface area contributed by atoms with E-state index in [1.807, 2.05) is 13.1 Å². The molecule has 1 fully saturated rings. The first-order valence-electron chi connectivity index (χ1n) is 6.94. The zero-order chi connectivity index (χ0) is 15.3. The number of aliphatic carboxylic acids is 1. The minimum Gasteiger partial charge on any atom is -0.480 e. The van der Waals surface area contributed by atoms with E-state index in [-0.39, 0.29) is 12.8 Å². The predicted molar refractivity (Wildman–Crippen MR) is 73.7 cm³/mol. The lowest BCUT2D eigenvalue weighted by molar-refractivity contribution is -0.148. The van der Waals surface area contributed by atoms with Crippen LogP contribution in [0, 0.1) is 0 Å². The summed E-state index contributed by atoms with van der Waals surface area (Å²) >= 11 is 0. The SMILES string of the molecule is CCn1cc(CNC(=O)NC2(C(=O)O)CCOCC2)cn1. The monoisotopic (exact) mass is 296 g/mol. The minimum atomic E-state index is -1.24. The molecule has 0 aromatic carbocycles. The summed E-state index contributed by atoms with van der Waals surface area (Å²) < 4.78 is 6.91. The molecule has 8 heteroatoms. The molecule has 1 saturated heterocycles. The van der Waals surface area contributed by atoms with Gasteiger partial charge in [-0.1, -0.05) is 0 Å². The molecule has 1 aromatic rings. The van der Waals surface area contributed by atoms with Gasteiger partial charge in [0.1, 0.15) is 5.54 Å². The van der Waals surface area contributed by atoms with Gasteiger partial charge in [0.05, 0.1) is 6.20 Å². The number of ether oxygens (including phenoxy) is 1. The number of nitrogens with zero attached hydrogens (tertiary/aromatic N) is 2. The lowest BCUT2D eigenvalue weighted by Gasteiger charge is -2.33. The van der Waals surface area contributed by atoms with E-state index in [0.29, 0.717) is 19.8 Å². The van der Waals surface area contributed by atoms with E-state index in [9.17, 15) is 14.7 Å². The van der Waals surface area contributed by atoms with Crippen molar-refractivity contribution >= 4 is 12.0 Å². The fourth-order valence-electron chi connectivity index (χ4n) is 2.23. The maximum atomic E-state index is 11.9. The Labute approximate surface area is 122 Å². The number of aryl methyl sites for hydroxylation is 1. The number of urea groups is 1. The van der Waals surface area contributed by atoms with Crippen LogP contribution in [0.2, 0.25) is 0 Å². The molecule has 0 spiro atoms. The summed E-state index contributed by atoms with van der Waals surface area (Å²) in [7, 11) is 0. The van der Waals surface area contributed by atoms with Gasteiger partial charge in [-0.3, -0.25) is 4.68 Å². The number of carboxylic acid groups (broad SMARTS) is 1. The van der Waals surface area contributed by atoms with Gasteiger partial charge in [0.25, 0.3) is 0 Å². The van der Waals surface area contributed by atoms with Gasteiger partial charge in [0, 0.05) is 50.9 Å². The average Bonchev–Trinajstić information content (AvgIpc) is 2.94. The van der Waals surface area contributed by atoms with E-state index in [4.69, 9.17) is 4.74 Å². The highest BCUT2D eigenvalue weighted by molar-refractivity contribution is 5.86. The second-order valence-corrected chi connectivity index (χ2v) is 5.01. The quantitative estimate of drug-likeness (QED) is 0.726. The summed E-state index contributed by atoms with van der Waals surface area (Å²) in [5, 5.41) is 18.7. The molecule has 2 heterocycles. The minimum absolute atomic E-state index is 0.267. The van der Waals surface area contributed by atoms with Crippen molar-refractivity contribution in [1.29, 1.82) is 0 Å². The van der Waals surface area contributed by atoms with Crippen LogP contribution in [0.4, 0.5) is 4.79 Å². The fourth-order valence-corrected chi connectivity index (χ4v) is 2.23.